The van der Waals surface area contributed by atoms with Gasteiger partial charge in [0.2, 0.25) is 0 Å². The first-order valence-electron chi connectivity index (χ1n) is 4.24. The van der Waals surface area contributed by atoms with Crippen molar-refractivity contribution in [1.82, 2.24) is 0 Å². The molecular weight excluding hydrogens is 164 g/mol. The molecule has 0 amide bonds. The lowest BCUT2D eigenvalue weighted by Gasteiger charge is -2.06. The Kier molecular flexibility index (Phi) is 3.31. The summed E-state index contributed by atoms with van der Waals surface area (Å²) in [6, 6.07) is 5.91. The zero-order valence-corrected chi connectivity index (χ0v) is 7.95. The van der Waals surface area contributed by atoms with Crippen molar-refractivity contribution in [1.29, 1.82) is 0 Å². The SMILES string of the molecule is CCOc1ccc(C)cc1C=NN. The lowest BCUT2D eigenvalue weighted by molar-refractivity contribution is 0.339. The summed E-state index contributed by atoms with van der Waals surface area (Å²) in [5.41, 5.74) is 2.09. The molecule has 3 heteroatoms. The summed E-state index contributed by atoms with van der Waals surface area (Å²) in [5.74, 6) is 5.91. The van der Waals surface area contributed by atoms with Crippen LogP contribution in [0.4, 0.5) is 0 Å². The molecular formula is C10H14N2O. The second-order valence-electron chi connectivity index (χ2n) is 2.75. The number of hydrazone groups is 1. The van der Waals surface area contributed by atoms with Gasteiger partial charge in [-0.15, -0.1) is 0 Å². The molecule has 0 saturated heterocycles. The van der Waals surface area contributed by atoms with Crippen LogP contribution >= 0.6 is 0 Å². The molecule has 0 spiro atoms. The van der Waals surface area contributed by atoms with E-state index < -0.39 is 0 Å². The summed E-state index contributed by atoms with van der Waals surface area (Å²) in [6.07, 6.45) is 1.60. The number of hydrogen-bond donors (Lipinski definition) is 1. The summed E-state index contributed by atoms with van der Waals surface area (Å²) in [7, 11) is 0. The predicted molar refractivity (Wildman–Crippen MR) is 54.1 cm³/mol. The van der Waals surface area contributed by atoms with Gasteiger partial charge in [0.15, 0.2) is 0 Å². The Hall–Kier alpha value is -1.51. The van der Waals surface area contributed by atoms with Crippen molar-refractivity contribution in [3.05, 3.63) is 29.3 Å². The van der Waals surface area contributed by atoms with E-state index in [1.807, 2.05) is 32.0 Å². The van der Waals surface area contributed by atoms with Gasteiger partial charge in [-0.1, -0.05) is 11.6 Å². The zero-order valence-electron chi connectivity index (χ0n) is 7.95. The molecule has 0 unspecified atom stereocenters. The predicted octanol–water partition coefficient (Wildman–Crippen LogP) is 1.69. The number of hydrogen-bond acceptors (Lipinski definition) is 3. The van der Waals surface area contributed by atoms with Gasteiger partial charge in [-0.25, -0.2) is 0 Å². The molecule has 0 atom stereocenters. The number of benzene rings is 1. The number of ether oxygens (including phenoxy) is 1. The van der Waals surface area contributed by atoms with Crippen LogP contribution in [0.25, 0.3) is 0 Å². The molecule has 1 aromatic rings. The van der Waals surface area contributed by atoms with Gasteiger partial charge in [0.1, 0.15) is 5.75 Å². The van der Waals surface area contributed by atoms with Crippen molar-refractivity contribution in [3.8, 4) is 5.75 Å². The Labute approximate surface area is 78.2 Å². The van der Waals surface area contributed by atoms with Crippen LogP contribution in [-0.2, 0) is 0 Å². The van der Waals surface area contributed by atoms with E-state index in [1.54, 1.807) is 6.21 Å². The highest BCUT2D eigenvalue weighted by molar-refractivity contribution is 5.83. The standard InChI is InChI=1S/C10H14N2O/c1-3-13-10-5-4-8(2)6-9(10)7-12-11/h4-7H,3,11H2,1-2H3. The van der Waals surface area contributed by atoms with Crippen molar-refractivity contribution in [2.75, 3.05) is 6.61 Å². The maximum absolute atomic E-state index is 5.40. The van der Waals surface area contributed by atoms with Crippen molar-refractivity contribution < 1.29 is 4.74 Å². The lowest BCUT2D eigenvalue weighted by atomic mass is 10.1. The second-order valence-corrected chi connectivity index (χ2v) is 2.75. The summed E-state index contributed by atoms with van der Waals surface area (Å²) < 4.78 is 5.40. The largest absolute Gasteiger partial charge is 0.493 e. The Morgan fingerprint density at radius 2 is 2.31 bits per heavy atom. The van der Waals surface area contributed by atoms with Crippen molar-refractivity contribution >= 4 is 6.21 Å². The molecule has 2 N–H and O–H groups in total. The quantitative estimate of drug-likeness (QED) is 0.435. The van der Waals surface area contributed by atoms with Gasteiger partial charge in [0.25, 0.3) is 0 Å². The van der Waals surface area contributed by atoms with Gasteiger partial charge in [-0.05, 0) is 26.0 Å². The number of rotatable bonds is 3. The highest BCUT2D eigenvalue weighted by Crippen LogP contribution is 2.17. The van der Waals surface area contributed by atoms with Crippen LogP contribution in [0.3, 0.4) is 0 Å². The van der Waals surface area contributed by atoms with Gasteiger partial charge in [-0.3, -0.25) is 0 Å². The fourth-order valence-corrected chi connectivity index (χ4v) is 1.14. The van der Waals surface area contributed by atoms with E-state index in [4.69, 9.17) is 10.6 Å². The fourth-order valence-electron chi connectivity index (χ4n) is 1.14. The first-order chi connectivity index (χ1) is 6.27. The van der Waals surface area contributed by atoms with Crippen LogP contribution in [0.5, 0.6) is 5.75 Å². The summed E-state index contributed by atoms with van der Waals surface area (Å²) >= 11 is 0. The number of nitrogens with zero attached hydrogens (tertiary/aromatic N) is 1. The van der Waals surface area contributed by atoms with Gasteiger partial charge >= 0.3 is 0 Å². The molecule has 0 aliphatic carbocycles. The normalized spacial score (nSPS) is 10.6. The first kappa shape index (κ1) is 9.58. The van der Waals surface area contributed by atoms with E-state index in [0.29, 0.717) is 6.61 Å². The third-order valence-electron chi connectivity index (χ3n) is 1.68. The van der Waals surface area contributed by atoms with Gasteiger partial charge in [0, 0.05) is 5.56 Å². The number of aryl methyl sites for hydroxylation is 1. The summed E-state index contributed by atoms with van der Waals surface area (Å²) in [6.45, 7) is 4.61. The van der Waals surface area contributed by atoms with Crippen LogP contribution in [-0.4, -0.2) is 12.8 Å². The van der Waals surface area contributed by atoms with Crippen LogP contribution in [0.2, 0.25) is 0 Å². The topological polar surface area (TPSA) is 47.6 Å². The molecule has 0 aliphatic rings. The Morgan fingerprint density at radius 3 is 2.92 bits per heavy atom. The minimum Gasteiger partial charge on any atom is -0.493 e. The summed E-state index contributed by atoms with van der Waals surface area (Å²) in [4.78, 5) is 0. The molecule has 1 aromatic carbocycles. The highest BCUT2D eigenvalue weighted by Gasteiger charge is 2.00. The van der Waals surface area contributed by atoms with E-state index in [9.17, 15) is 0 Å². The minimum absolute atomic E-state index is 0.647. The monoisotopic (exact) mass is 178 g/mol. The molecule has 0 bridgehead atoms. The van der Waals surface area contributed by atoms with Gasteiger partial charge < -0.3 is 10.6 Å². The third-order valence-corrected chi connectivity index (χ3v) is 1.68. The van der Waals surface area contributed by atoms with E-state index in [1.165, 1.54) is 5.56 Å². The molecule has 0 aromatic heterocycles. The molecule has 3 nitrogen and oxygen atoms in total. The van der Waals surface area contributed by atoms with Crippen molar-refractivity contribution in [2.24, 2.45) is 10.9 Å². The fraction of sp³-hybridized carbons (Fsp3) is 0.300. The maximum atomic E-state index is 5.40. The Morgan fingerprint density at radius 1 is 1.54 bits per heavy atom. The smallest absolute Gasteiger partial charge is 0.128 e. The average molecular weight is 178 g/mol. The summed E-state index contributed by atoms with van der Waals surface area (Å²) in [5, 5.41) is 3.48. The van der Waals surface area contributed by atoms with Crippen LogP contribution < -0.4 is 10.6 Å². The van der Waals surface area contributed by atoms with E-state index in [-0.39, 0.29) is 0 Å². The van der Waals surface area contributed by atoms with E-state index >= 15 is 0 Å². The molecule has 0 saturated carbocycles. The Balaban J connectivity index is 3.03. The highest BCUT2D eigenvalue weighted by atomic mass is 16.5. The van der Waals surface area contributed by atoms with E-state index in [2.05, 4.69) is 5.10 Å². The van der Waals surface area contributed by atoms with Crippen LogP contribution in [0.15, 0.2) is 23.3 Å². The zero-order chi connectivity index (χ0) is 9.68. The molecule has 0 radical (unpaired) electrons. The molecule has 0 fully saturated rings. The third kappa shape index (κ3) is 2.47. The molecule has 1 rings (SSSR count). The van der Waals surface area contributed by atoms with Crippen molar-refractivity contribution in [3.63, 3.8) is 0 Å². The van der Waals surface area contributed by atoms with Gasteiger partial charge in [-0.2, -0.15) is 5.10 Å². The van der Waals surface area contributed by atoms with Crippen LogP contribution in [0, 0.1) is 6.92 Å². The molecule has 70 valence electrons. The molecule has 13 heavy (non-hydrogen) atoms. The first-order valence-corrected chi connectivity index (χ1v) is 4.24. The van der Waals surface area contributed by atoms with Gasteiger partial charge in [0.05, 0.1) is 12.8 Å². The maximum Gasteiger partial charge on any atom is 0.128 e. The average Bonchev–Trinajstić information content (AvgIpc) is 2.10. The van der Waals surface area contributed by atoms with E-state index in [0.717, 1.165) is 11.3 Å². The van der Waals surface area contributed by atoms with Crippen LogP contribution in [0.1, 0.15) is 18.1 Å². The molecule has 0 aliphatic heterocycles. The Bertz CT molecular complexity index is 308. The van der Waals surface area contributed by atoms with Crippen molar-refractivity contribution in [2.45, 2.75) is 13.8 Å². The lowest BCUT2D eigenvalue weighted by Crippen LogP contribution is -1.97. The molecule has 0 heterocycles. The number of nitrogens with two attached hydrogens (primary N) is 1. The minimum atomic E-state index is 0.647. The second kappa shape index (κ2) is 4.50.